The largest absolute Gasteiger partial charge is 0.383 e. The molecule has 2 fully saturated rings. The zero-order valence-corrected chi connectivity index (χ0v) is 7.25. The lowest BCUT2D eigenvalue weighted by Gasteiger charge is -2.22. The first-order valence-corrected chi connectivity index (χ1v) is 4.66. The van der Waals surface area contributed by atoms with Crippen molar-refractivity contribution in [2.24, 2.45) is 0 Å². The molecule has 0 aromatic rings. The van der Waals surface area contributed by atoms with Crippen molar-refractivity contribution >= 4 is 0 Å². The quantitative estimate of drug-likeness (QED) is 0.608. The van der Waals surface area contributed by atoms with E-state index < -0.39 is 0 Å². The molecule has 11 heavy (non-hydrogen) atoms. The second-order valence-electron chi connectivity index (χ2n) is 3.72. The van der Waals surface area contributed by atoms with Gasteiger partial charge in [0, 0.05) is 19.2 Å². The summed E-state index contributed by atoms with van der Waals surface area (Å²) < 4.78 is 5.19. The van der Waals surface area contributed by atoms with Crippen molar-refractivity contribution in [3.05, 3.63) is 0 Å². The van der Waals surface area contributed by atoms with Gasteiger partial charge in [0.15, 0.2) is 0 Å². The van der Waals surface area contributed by atoms with Crippen molar-refractivity contribution in [1.82, 2.24) is 4.90 Å². The van der Waals surface area contributed by atoms with E-state index in [1.54, 1.807) is 0 Å². The van der Waals surface area contributed by atoms with Gasteiger partial charge in [0.1, 0.15) is 0 Å². The van der Waals surface area contributed by atoms with Crippen LogP contribution in [0.3, 0.4) is 0 Å². The Kier molecular flexibility index (Phi) is 2.14. The predicted molar refractivity (Wildman–Crippen MR) is 44.6 cm³/mol. The normalized spacial score (nSPS) is 33.0. The highest BCUT2D eigenvalue weighted by Crippen LogP contribution is 2.33. The van der Waals surface area contributed by atoms with Gasteiger partial charge in [-0.15, -0.1) is 0 Å². The molecule has 2 rings (SSSR count). The van der Waals surface area contributed by atoms with Crippen molar-refractivity contribution in [3.63, 3.8) is 0 Å². The summed E-state index contributed by atoms with van der Waals surface area (Å²) in [5, 5.41) is 0. The lowest BCUT2D eigenvalue weighted by atomic mass is 10.2. The third-order valence-corrected chi connectivity index (χ3v) is 2.80. The lowest BCUT2D eigenvalue weighted by molar-refractivity contribution is 0.111. The Morgan fingerprint density at radius 1 is 1.36 bits per heavy atom. The van der Waals surface area contributed by atoms with Crippen molar-refractivity contribution < 1.29 is 4.74 Å². The molecule has 1 aliphatic carbocycles. The van der Waals surface area contributed by atoms with Gasteiger partial charge in [0.2, 0.25) is 0 Å². The predicted octanol–water partition coefficient (Wildman–Crippen LogP) is 1.26. The Bertz CT molecular complexity index is 134. The molecular formula is C9H17NO. The summed E-state index contributed by atoms with van der Waals surface area (Å²) in [6.07, 6.45) is 5.59. The summed E-state index contributed by atoms with van der Waals surface area (Å²) >= 11 is 0. The molecule has 1 saturated carbocycles. The van der Waals surface area contributed by atoms with Gasteiger partial charge in [-0.1, -0.05) is 0 Å². The van der Waals surface area contributed by atoms with E-state index in [1.165, 1.54) is 32.2 Å². The van der Waals surface area contributed by atoms with E-state index in [0.717, 1.165) is 18.7 Å². The lowest BCUT2D eigenvalue weighted by Crippen LogP contribution is -2.34. The molecule has 0 bridgehead atoms. The summed E-state index contributed by atoms with van der Waals surface area (Å²) in [6, 6.07) is 1.67. The maximum absolute atomic E-state index is 5.19. The monoisotopic (exact) mass is 155 g/mol. The second kappa shape index (κ2) is 3.11. The van der Waals surface area contributed by atoms with Gasteiger partial charge in [-0.05, 0) is 32.2 Å². The molecule has 1 saturated heterocycles. The number of methoxy groups -OCH3 is 1. The van der Waals surface area contributed by atoms with Crippen LogP contribution in [0.4, 0.5) is 0 Å². The van der Waals surface area contributed by atoms with E-state index in [9.17, 15) is 0 Å². The Labute approximate surface area is 68.5 Å². The minimum atomic E-state index is 0.743. The first-order chi connectivity index (χ1) is 5.42. The van der Waals surface area contributed by atoms with Gasteiger partial charge in [-0.3, -0.25) is 4.90 Å². The van der Waals surface area contributed by atoms with E-state index in [0.29, 0.717) is 0 Å². The van der Waals surface area contributed by atoms with Gasteiger partial charge < -0.3 is 4.74 Å². The molecule has 0 unspecified atom stereocenters. The highest BCUT2D eigenvalue weighted by Gasteiger charge is 2.36. The highest BCUT2D eigenvalue weighted by molar-refractivity contribution is 4.91. The van der Waals surface area contributed by atoms with Crippen LogP contribution >= 0.6 is 0 Å². The van der Waals surface area contributed by atoms with Crippen LogP contribution in [-0.4, -0.2) is 37.2 Å². The molecule has 0 aromatic carbocycles. The fourth-order valence-corrected chi connectivity index (χ4v) is 2.12. The number of nitrogens with zero attached hydrogens (tertiary/aromatic N) is 1. The third kappa shape index (κ3) is 1.57. The maximum atomic E-state index is 5.19. The molecule has 2 heteroatoms. The first-order valence-electron chi connectivity index (χ1n) is 4.66. The van der Waals surface area contributed by atoms with Gasteiger partial charge in [0.05, 0.1) is 6.61 Å². The maximum Gasteiger partial charge on any atom is 0.0618 e. The molecule has 0 N–H and O–H groups in total. The smallest absolute Gasteiger partial charge is 0.0618 e. The van der Waals surface area contributed by atoms with Crippen LogP contribution in [0.1, 0.15) is 25.7 Å². The van der Waals surface area contributed by atoms with Crippen LogP contribution in [0.5, 0.6) is 0 Å². The van der Waals surface area contributed by atoms with Crippen LogP contribution in [0.2, 0.25) is 0 Å². The molecular weight excluding hydrogens is 138 g/mol. The number of hydrogen-bond donors (Lipinski definition) is 0. The summed E-state index contributed by atoms with van der Waals surface area (Å²) in [5.74, 6) is 0. The Balaban J connectivity index is 1.85. The summed E-state index contributed by atoms with van der Waals surface area (Å²) in [6.45, 7) is 2.26. The van der Waals surface area contributed by atoms with E-state index in [1.807, 2.05) is 7.11 Å². The SMILES string of the molecule is COC[C@@H]1CCCN1C1CC1. The topological polar surface area (TPSA) is 12.5 Å². The average molecular weight is 155 g/mol. The van der Waals surface area contributed by atoms with Crippen LogP contribution in [-0.2, 0) is 4.74 Å². The fourth-order valence-electron chi connectivity index (χ4n) is 2.12. The number of rotatable bonds is 3. The second-order valence-corrected chi connectivity index (χ2v) is 3.72. The minimum Gasteiger partial charge on any atom is -0.383 e. The van der Waals surface area contributed by atoms with Crippen molar-refractivity contribution in [1.29, 1.82) is 0 Å². The van der Waals surface area contributed by atoms with Crippen molar-refractivity contribution in [2.75, 3.05) is 20.3 Å². The van der Waals surface area contributed by atoms with Gasteiger partial charge in [-0.2, -0.15) is 0 Å². The molecule has 0 aromatic heterocycles. The van der Waals surface area contributed by atoms with Crippen LogP contribution in [0.15, 0.2) is 0 Å². The Morgan fingerprint density at radius 3 is 2.82 bits per heavy atom. The number of likely N-dealkylation sites (tertiary alicyclic amines) is 1. The van der Waals surface area contributed by atoms with E-state index in [-0.39, 0.29) is 0 Å². The standard InChI is InChI=1S/C9H17NO/c1-11-7-9-3-2-6-10(9)8-4-5-8/h8-9H,2-7H2,1H3/t9-/m0/s1. The molecule has 0 spiro atoms. The molecule has 2 nitrogen and oxygen atoms in total. The zero-order chi connectivity index (χ0) is 7.68. The van der Waals surface area contributed by atoms with Gasteiger partial charge in [0.25, 0.3) is 0 Å². The third-order valence-electron chi connectivity index (χ3n) is 2.80. The molecule has 1 aliphatic heterocycles. The van der Waals surface area contributed by atoms with Crippen LogP contribution in [0.25, 0.3) is 0 Å². The first kappa shape index (κ1) is 7.56. The molecule has 1 heterocycles. The zero-order valence-electron chi connectivity index (χ0n) is 7.25. The average Bonchev–Trinajstić information content (AvgIpc) is 2.75. The van der Waals surface area contributed by atoms with E-state index in [4.69, 9.17) is 4.74 Å². The molecule has 64 valence electrons. The molecule has 2 aliphatic rings. The highest BCUT2D eigenvalue weighted by atomic mass is 16.5. The van der Waals surface area contributed by atoms with Crippen LogP contribution in [0, 0.1) is 0 Å². The molecule has 0 amide bonds. The minimum absolute atomic E-state index is 0.743. The number of ether oxygens (including phenoxy) is 1. The van der Waals surface area contributed by atoms with E-state index in [2.05, 4.69) is 4.90 Å². The van der Waals surface area contributed by atoms with E-state index >= 15 is 0 Å². The molecule has 1 atom stereocenters. The number of hydrogen-bond acceptors (Lipinski definition) is 2. The summed E-state index contributed by atoms with van der Waals surface area (Å²) in [4.78, 5) is 2.64. The fraction of sp³-hybridized carbons (Fsp3) is 1.00. The summed E-state index contributed by atoms with van der Waals surface area (Å²) in [5.41, 5.74) is 0. The van der Waals surface area contributed by atoms with Gasteiger partial charge >= 0.3 is 0 Å². The Morgan fingerprint density at radius 2 is 2.18 bits per heavy atom. The Hall–Kier alpha value is -0.0800. The van der Waals surface area contributed by atoms with Crippen molar-refractivity contribution in [2.45, 2.75) is 37.8 Å². The molecule has 0 radical (unpaired) electrons. The van der Waals surface area contributed by atoms with Gasteiger partial charge in [-0.25, -0.2) is 0 Å². The van der Waals surface area contributed by atoms with Crippen molar-refractivity contribution in [3.8, 4) is 0 Å². The van der Waals surface area contributed by atoms with Crippen LogP contribution < -0.4 is 0 Å². The summed E-state index contributed by atoms with van der Waals surface area (Å²) in [7, 11) is 1.81.